The summed E-state index contributed by atoms with van der Waals surface area (Å²) in [5.41, 5.74) is 3.66. The molecular weight excluding hydrogens is 344 g/mol. The first-order valence-electron chi connectivity index (χ1n) is 8.97. The molecule has 0 radical (unpaired) electrons. The fourth-order valence-electron chi connectivity index (χ4n) is 3.97. The summed E-state index contributed by atoms with van der Waals surface area (Å²) in [6.07, 6.45) is 0.428. The second kappa shape index (κ2) is 6.75. The number of amides is 1. The number of ether oxygens (including phenoxy) is 1. The molecule has 3 heterocycles. The quantitative estimate of drug-likeness (QED) is 0.830. The number of hydrazine groups is 1. The first kappa shape index (κ1) is 17.6. The molecule has 2 aliphatic rings. The summed E-state index contributed by atoms with van der Waals surface area (Å²) in [4.78, 5) is 26.1. The van der Waals surface area contributed by atoms with Gasteiger partial charge < -0.3 is 4.74 Å². The molecule has 0 N–H and O–H groups in total. The van der Waals surface area contributed by atoms with Crippen LogP contribution in [-0.4, -0.2) is 51.9 Å². The molecule has 4 rings (SSSR count). The molecule has 1 fully saturated rings. The van der Waals surface area contributed by atoms with Gasteiger partial charge in [-0.1, -0.05) is 30.3 Å². The number of hydrogen-bond acceptors (Lipinski definition) is 5. The summed E-state index contributed by atoms with van der Waals surface area (Å²) in [7, 11) is 1.57. The van der Waals surface area contributed by atoms with Crippen LogP contribution in [-0.2, 0) is 9.53 Å². The number of methoxy groups -OCH3 is 1. The minimum atomic E-state index is -0.334. The van der Waals surface area contributed by atoms with Crippen LogP contribution in [0.5, 0.6) is 0 Å². The lowest BCUT2D eigenvalue weighted by molar-refractivity contribution is -0.134. The van der Waals surface area contributed by atoms with E-state index in [1.165, 1.54) is 4.68 Å². The zero-order valence-electron chi connectivity index (χ0n) is 15.7. The SMILES string of the molecule is COCC1=C(C(=O)n2nc(C)cc2C)[C@@H](c2ccccc2)N2CCC(=O)N12. The Balaban J connectivity index is 1.90. The van der Waals surface area contributed by atoms with Gasteiger partial charge in [-0.2, -0.15) is 5.10 Å². The van der Waals surface area contributed by atoms with Gasteiger partial charge in [0, 0.05) is 25.8 Å². The van der Waals surface area contributed by atoms with E-state index in [-0.39, 0.29) is 24.5 Å². The van der Waals surface area contributed by atoms with Gasteiger partial charge in [-0.05, 0) is 25.5 Å². The van der Waals surface area contributed by atoms with Crippen molar-refractivity contribution < 1.29 is 14.3 Å². The number of carbonyl (C=O) groups excluding carboxylic acids is 2. The van der Waals surface area contributed by atoms with Gasteiger partial charge in [-0.3, -0.25) is 9.59 Å². The first-order chi connectivity index (χ1) is 13.0. The van der Waals surface area contributed by atoms with Crippen LogP contribution >= 0.6 is 0 Å². The number of fused-ring (bicyclic) bond motifs is 1. The second-order valence-corrected chi connectivity index (χ2v) is 6.87. The van der Waals surface area contributed by atoms with Gasteiger partial charge in [-0.25, -0.2) is 14.7 Å². The van der Waals surface area contributed by atoms with Gasteiger partial charge in [0.15, 0.2) is 0 Å². The first-order valence-corrected chi connectivity index (χ1v) is 8.97. The van der Waals surface area contributed by atoms with Gasteiger partial charge in [0.2, 0.25) is 5.91 Å². The molecule has 1 atom stereocenters. The molecule has 0 spiro atoms. The van der Waals surface area contributed by atoms with E-state index < -0.39 is 0 Å². The molecule has 7 heteroatoms. The van der Waals surface area contributed by atoms with Gasteiger partial charge in [0.05, 0.1) is 29.6 Å². The maximum absolute atomic E-state index is 13.5. The number of nitrogens with zero attached hydrogens (tertiary/aromatic N) is 4. The number of carbonyl (C=O) groups is 2. The molecule has 1 amide bonds. The molecule has 1 aromatic heterocycles. The lowest BCUT2D eigenvalue weighted by atomic mass is 9.96. The lowest BCUT2D eigenvalue weighted by Crippen LogP contribution is -2.36. The summed E-state index contributed by atoms with van der Waals surface area (Å²) in [6.45, 7) is 4.47. The predicted molar refractivity (Wildman–Crippen MR) is 98.6 cm³/mol. The molecule has 0 aliphatic carbocycles. The van der Waals surface area contributed by atoms with E-state index >= 15 is 0 Å². The standard InChI is InChI=1S/C20H22N4O3/c1-13-11-14(2)23(21-13)20(26)18-16(12-27-3)24-17(25)9-10-22(24)19(18)15-7-5-4-6-8-15/h4-8,11,19H,9-10,12H2,1-3H3/t19-/m1/s1. The molecule has 7 nitrogen and oxygen atoms in total. The Kier molecular flexibility index (Phi) is 4.41. The van der Waals surface area contributed by atoms with E-state index in [0.29, 0.717) is 24.2 Å². The second-order valence-electron chi connectivity index (χ2n) is 6.87. The van der Waals surface area contributed by atoms with Crippen molar-refractivity contribution in [2.75, 3.05) is 20.3 Å². The van der Waals surface area contributed by atoms with Crippen LogP contribution in [0.15, 0.2) is 47.7 Å². The fourth-order valence-corrected chi connectivity index (χ4v) is 3.97. The van der Waals surface area contributed by atoms with E-state index in [9.17, 15) is 9.59 Å². The minimum absolute atomic E-state index is 0.0147. The Bertz CT molecular complexity index is 932. The molecule has 0 bridgehead atoms. The van der Waals surface area contributed by atoms with Crippen molar-refractivity contribution in [3.8, 4) is 0 Å². The van der Waals surface area contributed by atoms with Crippen molar-refractivity contribution >= 4 is 11.8 Å². The third kappa shape index (κ3) is 2.79. The number of hydrogen-bond donors (Lipinski definition) is 0. The zero-order valence-corrected chi connectivity index (χ0v) is 15.7. The third-order valence-electron chi connectivity index (χ3n) is 5.01. The van der Waals surface area contributed by atoms with E-state index in [2.05, 4.69) is 5.10 Å². The number of rotatable bonds is 4. The fraction of sp³-hybridized carbons (Fsp3) is 0.350. The molecule has 2 aliphatic heterocycles. The van der Waals surface area contributed by atoms with Crippen LogP contribution in [0.25, 0.3) is 0 Å². The smallest absolute Gasteiger partial charge is 0.278 e. The third-order valence-corrected chi connectivity index (χ3v) is 5.01. The number of benzene rings is 1. The van der Waals surface area contributed by atoms with E-state index in [1.54, 1.807) is 12.1 Å². The number of aromatic nitrogens is 2. The van der Waals surface area contributed by atoms with Crippen LogP contribution < -0.4 is 0 Å². The highest BCUT2D eigenvalue weighted by Crippen LogP contribution is 2.43. The van der Waals surface area contributed by atoms with E-state index in [0.717, 1.165) is 17.0 Å². The van der Waals surface area contributed by atoms with Crippen molar-refractivity contribution in [2.45, 2.75) is 26.3 Å². The molecule has 1 saturated heterocycles. The van der Waals surface area contributed by atoms with E-state index in [1.807, 2.05) is 55.3 Å². The molecular formula is C20H22N4O3. The van der Waals surface area contributed by atoms with Gasteiger partial charge in [-0.15, -0.1) is 0 Å². The Morgan fingerprint density at radius 1 is 1.26 bits per heavy atom. The van der Waals surface area contributed by atoms with Crippen LogP contribution in [0.2, 0.25) is 0 Å². The molecule has 1 aromatic carbocycles. The summed E-state index contributed by atoms with van der Waals surface area (Å²) in [5.74, 6) is -0.233. The highest BCUT2D eigenvalue weighted by atomic mass is 16.5. The highest BCUT2D eigenvalue weighted by Gasteiger charge is 2.48. The molecule has 2 aromatic rings. The largest absolute Gasteiger partial charge is 0.378 e. The van der Waals surface area contributed by atoms with Crippen molar-refractivity contribution in [3.05, 3.63) is 64.6 Å². The molecule has 140 valence electrons. The maximum atomic E-state index is 13.5. The Morgan fingerprint density at radius 2 is 2.00 bits per heavy atom. The summed E-state index contributed by atoms with van der Waals surface area (Å²) < 4.78 is 6.78. The van der Waals surface area contributed by atoms with Crippen LogP contribution in [0.4, 0.5) is 0 Å². The predicted octanol–water partition coefficient (Wildman–Crippen LogP) is 2.24. The Hall–Kier alpha value is -2.77. The molecule has 27 heavy (non-hydrogen) atoms. The van der Waals surface area contributed by atoms with Gasteiger partial charge >= 0.3 is 0 Å². The zero-order chi connectivity index (χ0) is 19.1. The Morgan fingerprint density at radius 3 is 2.63 bits per heavy atom. The highest BCUT2D eigenvalue weighted by molar-refractivity contribution is 5.99. The van der Waals surface area contributed by atoms with Crippen molar-refractivity contribution in [1.82, 2.24) is 19.8 Å². The average molecular weight is 366 g/mol. The van der Waals surface area contributed by atoms with Crippen LogP contribution in [0.3, 0.4) is 0 Å². The van der Waals surface area contributed by atoms with Crippen molar-refractivity contribution in [1.29, 1.82) is 0 Å². The minimum Gasteiger partial charge on any atom is -0.378 e. The van der Waals surface area contributed by atoms with Gasteiger partial charge in [0.25, 0.3) is 5.91 Å². The lowest BCUT2D eigenvalue weighted by Gasteiger charge is -2.27. The maximum Gasteiger partial charge on any atom is 0.278 e. The van der Waals surface area contributed by atoms with Crippen molar-refractivity contribution in [2.24, 2.45) is 0 Å². The molecule has 0 saturated carbocycles. The molecule has 0 unspecified atom stereocenters. The average Bonchev–Trinajstić information content (AvgIpc) is 3.29. The van der Waals surface area contributed by atoms with E-state index in [4.69, 9.17) is 4.74 Å². The van der Waals surface area contributed by atoms with Crippen molar-refractivity contribution in [3.63, 3.8) is 0 Å². The summed E-state index contributed by atoms with van der Waals surface area (Å²) in [6, 6.07) is 11.3. The van der Waals surface area contributed by atoms with Crippen LogP contribution in [0, 0.1) is 13.8 Å². The summed E-state index contributed by atoms with van der Waals surface area (Å²) >= 11 is 0. The monoisotopic (exact) mass is 366 g/mol. The number of aryl methyl sites for hydroxylation is 2. The topological polar surface area (TPSA) is 67.7 Å². The van der Waals surface area contributed by atoms with Crippen LogP contribution in [0.1, 0.15) is 34.2 Å². The Labute approximate surface area is 157 Å². The van der Waals surface area contributed by atoms with Gasteiger partial charge in [0.1, 0.15) is 0 Å². The normalized spacial score (nSPS) is 19.9. The summed E-state index contributed by atoms with van der Waals surface area (Å²) in [5, 5.41) is 7.95.